The van der Waals surface area contributed by atoms with Gasteiger partial charge in [-0.3, -0.25) is 9.88 Å². The standard InChI is InChI=1S/C14H23ClN2O/c1-5-17(8-6-7-15)10-13-12(3)14(18-4)11(2)9-16-13/h9H,5-8,10H2,1-4H3. The van der Waals surface area contributed by atoms with Gasteiger partial charge in [-0.1, -0.05) is 6.92 Å². The maximum Gasteiger partial charge on any atom is 0.128 e. The number of aromatic nitrogens is 1. The summed E-state index contributed by atoms with van der Waals surface area (Å²) in [6.07, 6.45) is 2.90. The maximum absolute atomic E-state index is 5.74. The number of nitrogens with zero attached hydrogens (tertiary/aromatic N) is 2. The van der Waals surface area contributed by atoms with Gasteiger partial charge in [0.25, 0.3) is 0 Å². The first-order valence-corrected chi connectivity index (χ1v) is 6.94. The summed E-state index contributed by atoms with van der Waals surface area (Å²) in [5.74, 6) is 1.66. The highest BCUT2D eigenvalue weighted by Gasteiger charge is 2.12. The third-order valence-corrected chi connectivity index (χ3v) is 3.45. The van der Waals surface area contributed by atoms with Gasteiger partial charge >= 0.3 is 0 Å². The SMILES string of the molecule is CCN(CCCCl)Cc1ncc(C)c(OC)c1C. The van der Waals surface area contributed by atoms with Gasteiger partial charge in [0.05, 0.1) is 12.8 Å². The van der Waals surface area contributed by atoms with Gasteiger partial charge < -0.3 is 4.74 Å². The zero-order valence-electron chi connectivity index (χ0n) is 11.8. The number of aryl methyl sites for hydroxylation is 1. The summed E-state index contributed by atoms with van der Waals surface area (Å²) in [7, 11) is 1.71. The van der Waals surface area contributed by atoms with Crippen LogP contribution in [0.3, 0.4) is 0 Å². The highest BCUT2D eigenvalue weighted by Crippen LogP contribution is 2.24. The van der Waals surface area contributed by atoms with E-state index in [0.29, 0.717) is 5.88 Å². The van der Waals surface area contributed by atoms with Crippen LogP contribution in [0.25, 0.3) is 0 Å². The third kappa shape index (κ3) is 3.85. The first-order chi connectivity index (χ1) is 8.63. The van der Waals surface area contributed by atoms with E-state index in [1.165, 1.54) is 0 Å². The monoisotopic (exact) mass is 270 g/mol. The molecule has 0 amide bonds. The molecule has 0 fully saturated rings. The highest BCUT2D eigenvalue weighted by atomic mass is 35.5. The van der Waals surface area contributed by atoms with Gasteiger partial charge in [-0.2, -0.15) is 0 Å². The number of hydrogen-bond donors (Lipinski definition) is 0. The van der Waals surface area contributed by atoms with Crippen molar-refractivity contribution in [1.29, 1.82) is 0 Å². The minimum Gasteiger partial charge on any atom is -0.496 e. The molecule has 0 aromatic carbocycles. The van der Waals surface area contributed by atoms with E-state index < -0.39 is 0 Å². The zero-order valence-corrected chi connectivity index (χ0v) is 12.5. The molecule has 0 N–H and O–H groups in total. The van der Waals surface area contributed by atoms with Gasteiger partial charge in [-0.25, -0.2) is 0 Å². The molecule has 3 nitrogen and oxygen atoms in total. The molecule has 102 valence electrons. The Bertz CT molecular complexity index is 382. The molecule has 0 aliphatic heterocycles. The molecule has 1 aromatic rings. The number of alkyl halides is 1. The average Bonchev–Trinajstić information content (AvgIpc) is 2.37. The van der Waals surface area contributed by atoms with Crippen molar-refractivity contribution in [2.45, 2.75) is 33.7 Å². The van der Waals surface area contributed by atoms with Crippen LogP contribution in [0.4, 0.5) is 0 Å². The van der Waals surface area contributed by atoms with Crippen molar-refractivity contribution in [3.05, 3.63) is 23.0 Å². The molecule has 4 heteroatoms. The second-order valence-electron chi connectivity index (χ2n) is 4.46. The van der Waals surface area contributed by atoms with Crippen molar-refractivity contribution in [2.24, 2.45) is 0 Å². The fourth-order valence-corrected chi connectivity index (χ4v) is 2.19. The van der Waals surface area contributed by atoms with Gasteiger partial charge in [0.15, 0.2) is 0 Å². The minimum absolute atomic E-state index is 0.708. The van der Waals surface area contributed by atoms with Crippen LogP contribution >= 0.6 is 11.6 Å². The van der Waals surface area contributed by atoms with E-state index in [1.807, 2.05) is 13.1 Å². The van der Waals surface area contributed by atoms with E-state index in [2.05, 4.69) is 23.7 Å². The van der Waals surface area contributed by atoms with Crippen LogP contribution in [0.15, 0.2) is 6.20 Å². The summed E-state index contributed by atoms with van der Waals surface area (Å²) in [5.41, 5.74) is 3.32. The van der Waals surface area contributed by atoms with Crippen molar-refractivity contribution >= 4 is 11.6 Å². The molecule has 0 aliphatic carbocycles. The van der Waals surface area contributed by atoms with Crippen molar-refractivity contribution < 1.29 is 4.74 Å². The molecule has 0 bridgehead atoms. The Balaban J connectivity index is 2.83. The van der Waals surface area contributed by atoms with E-state index in [-0.39, 0.29) is 0 Å². The van der Waals surface area contributed by atoms with Crippen LogP contribution < -0.4 is 4.74 Å². The van der Waals surface area contributed by atoms with E-state index in [0.717, 1.165) is 48.6 Å². The molecule has 0 aliphatic rings. The summed E-state index contributed by atoms with van der Waals surface area (Å²) in [6.45, 7) is 9.13. The average molecular weight is 271 g/mol. The fraction of sp³-hybridized carbons (Fsp3) is 0.643. The van der Waals surface area contributed by atoms with Crippen LogP contribution in [0.1, 0.15) is 30.2 Å². The molecule has 18 heavy (non-hydrogen) atoms. The molecular weight excluding hydrogens is 248 g/mol. The lowest BCUT2D eigenvalue weighted by Crippen LogP contribution is -2.25. The molecule has 0 spiro atoms. The van der Waals surface area contributed by atoms with E-state index in [9.17, 15) is 0 Å². The Kier molecular flexibility index (Phi) is 6.44. The Morgan fingerprint density at radius 2 is 2.11 bits per heavy atom. The zero-order chi connectivity index (χ0) is 13.5. The minimum atomic E-state index is 0.708. The van der Waals surface area contributed by atoms with Crippen LogP contribution in [0, 0.1) is 13.8 Å². The third-order valence-electron chi connectivity index (χ3n) is 3.18. The van der Waals surface area contributed by atoms with Crippen molar-refractivity contribution in [3.8, 4) is 5.75 Å². The molecule has 1 rings (SSSR count). The van der Waals surface area contributed by atoms with Gasteiger partial charge in [0.2, 0.25) is 0 Å². The summed E-state index contributed by atoms with van der Waals surface area (Å²) in [5, 5.41) is 0. The Morgan fingerprint density at radius 1 is 1.39 bits per heavy atom. The van der Waals surface area contributed by atoms with Gasteiger partial charge in [-0.05, 0) is 33.4 Å². The quantitative estimate of drug-likeness (QED) is 0.712. The summed E-state index contributed by atoms with van der Waals surface area (Å²) in [4.78, 5) is 6.88. The number of pyridine rings is 1. The van der Waals surface area contributed by atoms with E-state index >= 15 is 0 Å². The first kappa shape index (κ1) is 15.3. The van der Waals surface area contributed by atoms with Gasteiger partial charge in [-0.15, -0.1) is 11.6 Å². The Morgan fingerprint density at radius 3 is 2.67 bits per heavy atom. The molecule has 0 saturated heterocycles. The van der Waals surface area contributed by atoms with Crippen molar-refractivity contribution in [1.82, 2.24) is 9.88 Å². The van der Waals surface area contributed by atoms with Crippen molar-refractivity contribution in [3.63, 3.8) is 0 Å². The Hall–Kier alpha value is -0.800. The van der Waals surface area contributed by atoms with E-state index in [4.69, 9.17) is 16.3 Å². The topological polar surface area (TPSA) is 25.4 Å². The second kappa shape index (κ2) is 7.59. The summed E-state index contributed by atoms with van der Waals surface area (Å²) >= 11 is 5.74. The molecule has 0 atom stereocenters. The number of ether oxygens (including phenoxy) is 1. The lowest BCUT2D eigenvalue weighted by molar-refractivity contribution is 0.276. The lowest BCUT2D eigenvalue weighted by atomic mass is 10.1. The first-order valence-electron chi connectivity index (χ1n) is 6.41. The lowest BCUT2D eigenvalue weighted by Gasteiger charge is -2.21. The maximum atomic E-state index is 5.74. The van der Waals surface area contributed by atoms with E-state index in [1.54, 1.807) is 7.11 Å². The molecule has 1 aromatic heterocycles. The molecule has 0 radical (unpaired) electrons. The number of halogens is 1. The predicted octanol–water partition coefficient (Wildman–Crippen LogP) is 3.16. The number of methoxy groups -OCH3 is 1. The van der Waals surface area contributed by atoms with Crippen LogP contribution in [0.5, 0.6) is 5.75 Å². The largest absolute Gasteiger partial charge is 0.496 e. The van der Waals surface area contributed by atoms with Gasteiger partial charge in [0, 0.05) is 29.7 Å². The molecule has 0 unspecified atom stereocenters. The van der Waals surface area contributed by atoms with Crippen LogP contribution in [-0.2, 0) is 6.54 Å². The number of rotatable bonds is 7. The fourth-order valence-electron chi connectivity index (χ4n) is 2.07. The normalized spacial score (nSPS) is 11.0. The van der Waals surface area contributed by atoms with Crippen LogP contribution in [0.2, 0.25) is 0 Å². The summed E-state index contributed by atoms with van der Waals surface area (Å²) < 4.78 is 5.43. The highest BCUT2D eigenvalue weighted by molar-refractivity contribution is 6.17. The smallest absolute Gasteiger partial charge is 0.128 e. The Labute approximate surface area is 115 Å². The number of hydrogen-bond acceptors (Lipinski definition) is 3. The molecule has 0 saturated carbocycles. The molecular formula is C14H23ClN2O. The predicted molar refractivity (Wildman–Crippen MR) is 76.6 cm³/mol. The van der Waals surface area contributed by atoms with Gasteiger partial charge in [0.1, 0.15) is 5.75 Å². The molecule has 1 heterocycles. The summed E-state index contributed by atoms with van der Waals surface area (Å²) in [6, 6.07) is 0. The van der Waals surface area contributed by atoms with Crippen LogP contribution in [-0.4, -0.2) is 36.0 Å². The van der Waals surface area contributed by atoms with Crippen molar-refractivity contribution in [2.75, 3.05) is 26.1 Å². The second-order valence-corrected chi connectivity index (χ2v) is 4.84.